The number of carbonyl (C=O) groups is 2. The monoisotopic (exact) mass is 433 g/mol. The van der Waals surface area contributed by atoms with Crippen LogP contribution in [-0.4, -0.2) is 16.1 Å². The maximum Gasteiger partial charge on any atom is 0.416 e. The fourth-order valence-electron chi connectivity index (χ4n) is 4.26. The van der Waals surface area contributed by atoms with Crippen LogP contribution < -0.4 is 5.56 Å². The zero-order valence-electron chi connectivity index (χ0n) is 16.4. The van der Waals surface area contributed by atoms with Crippen LogP contribution in [-0.2, 0) is 12.7 Å². The van der Waals surface area contributed by atoms with Gasteiger partial charge in [0.2, 0.25) is 5.78 Å². The van der Waals surface area contributed by atoms with Gasteiger partial charge in [-0.05, 0) is 17.7 Å². The molecule has 5 rings (SSSR count). The molecule has 1 aliphatic carbocycles. The SMILES string of the molecule is O=C1c2ccccc2C(=O)c2c1c1ccccc1c(=O)n2Cc1ccccc1C(F)(F)F. The van der Waals surface area contributed by atoms with E-state index in [0.29, 0.717) is 5.39 Å². The predicted molar refractivity (Wildman–Crippen MR) is 112 cm³/mol. The van der Waals surface area contributed by atoms with Crippen molar-refractivity contribution in [3.8, 4) is 0 Å². The molecule has 0 fully saturated rings. The summed E-state index contributed by atoms with van der Waals surface area (Å²) in [5.41, 5.74) is -1.52. The highest BCUT2D eigenvalue weighted by Crippen LogP contribution is 2.34. The number of hydrogen-bond acceptors (Lipinski definition) is 3. The predicted octanol–water partition coefficient (Wildman–Crippen LogP) is 4.84. The number of pyridine rings is 1. The van der Waals surface area contributed by atoms with E-state index in [1.54, 1.807) is 30.3 Å². The Kier molecular flexibility index (Phi) is 4.37. The third-order valence-electron chi connectivity index (χ3n) is 5.69. The van der Waals surface area contributed by atoms with Crippen LogP contribution in [0.4, 0.5) is 13.2 Å². The Labute approximate surface area is 179 Å². The topological polar surface area (TPSA) is 56.1 Å². The summed E-state index contributed by atoms with van der Waals surface area (Å²) in [6.45, 7) is -0.497. The molecular weight excluding hydrogens is 419 g/mol. The molecule has 0 radical (unpaired) electrons. The molecular formula is C25H14F3NO3. The van der Waals surface area contributed by atoms with Gasteiger partial charge in [0, 0.05) is 21.9 Å². The van der Waals surface area contributed by atoms with Gasteiger partial charge in [-0.3, -0.25) is 19.0 Å². The highest BCUT2D eigenvalue weighted by molar-refractivity contribution is 6.31. The Morgan fingerprint density at radius 2 is 1.25 bits per heavy atom. The third-order valence-corrected chi connectivity index (χ3v) is 5.69. The fourth-order valence-corrected chi connectivity index (χ4v) is 4.26. The molecule has 0 atom stereocenters. The molecule has 7 heteroatoms. The van der Waals surface area contributed by atoms with E-state index in [1.165, 1.54) is 36.4 Å². The number of nitrogens with zero attached hydrogens (tertiary/aromatic N) is 1. The number of benzene rings is 3. The minimum atomic E-state index is -4.64. The van der Waals surface area contributed by atoms with Crippen LogP contribution >= 0.6 is 0 Å². The number of fused-ring (bicyclic) bond motifs is 4. The first kappa shape index (κ1) is 19.9. The van der Waals surface area contributed by atoms with E-state index < -0.39 is 35.4 Å². The second kappa shape index (κ2) is 7.02. The van der Waals surface area contributed by atoms with E-state index >= 15 is 0 Å². The molecule has 32 heavy (non-hydrogen) atoms. The molecule has 0 spiro atoms. The van der Waals surface area contributed by atoms with E-state index in [2.05, 4.69) is 0 Å². The van der Waals surface area contributed by atoms with Crippen molar-refractivity contribution in [2.45, 2.75) is 12.7 Å². The molecule has 1 aliphatic rings. The first-order chi connectivity index (χ1) is 15.3. The molecule has 0 amide bonds. The number of halogens is 3. The van der Waals surface area contributed by atoms with Gasteiger partial charge in [0.25, 0.3) is 5.56 Å². The average molecular weight is 433 g/mol. The van der Waals surface area contributed by atoms with Gasteiger partial charge in [0.15, 0.2) is 5.78 Å². The van der Waals surface area contributed by atoms with Gasteiger partial charge >= 0.3 is 6.18 Å². The van der Waals surface area contributed by atoms with Crippen molar-refractivity contribution in [3.63, 3.8) is 0 Å². The molecule has 4 nitrogen and oxygen atoms in total. The number of alkyl halides is 3. The Morgan fingerprint density at radius 3 is 1.94 bits per heavy atom. The molecule has 158 valence electrons. The first-order valence-corrected chi connectivity index (χ1v) is 9.78. The van der Waals surface area contributed by atoms with Gasteiger partial charge in [0.05, 0.1) is 17.7 Å². The normalized spacial score (nSPS) is 13.2. The summed E-state index contributed by atoms with van der Waals surface area (Å²) in [6.07, 6.45) is -4.64. The van der Waals surface area contributed by atoms with E-state index in [9.17, 15) is 27.6 Å². The van der Waals surface area contributed by atoms with Gasteiger partial charge in [-0.15, -0.1) is 0 Å². The van der Waals surface area contributed by atoms with E-state index in [0.717, 1.165) is 10.6 Å². The molecule has 0 aliphatic heterocycles. The summed E-state index contributed by atoms with van der Waals surface area (Å²) >= 11 is 0. The average Bonchev–Trinajstić information content (AvgIpc) is 2.79. The second-order valence-electron chi connectivity index (χ2n) is 7.52. The molecule has 4 aromatic rings. The molecule has 0 unspecified atom stereocenters. The maximum absolute atomic E-state index is 13.6. The molecule has 0 bridgehead atoms. The Bertz CT molecular complexity index is 1500. The van der Waals surface area contributed by atoms with E-state index in [1.807, 2.05) is 0 Å². The van der Waals surface area contributed by atoms with Crippen LogP contribution in [0.15, 0.2) is 77.6 Å². The molecule has 3 aromatic carbocycles. The number of hydrogen-bond donors (Lipinski definition) is 0. The number of aromatic nitrogens is 1. The maximum atomic E-state index is 13.6. The zero-order chi connectivity index (χ0) is 22.6. The summed E-state index contributed by atoms with van der Waals surface area (Å²) in [6, 6.07) is 17.4. The highest BCUT2D eigenvalue weighted by atomic mass is 19.4. The summed E-state index contributed by atoms with van der Waals surface area (Å²) in [5.74, 6) is -1.01. The lowest BCUT2D eigenvalue weighted by molar-refractivity contribution is -0.138. The molecule has 0 saturated heterocycles. The van der Waals surface area contributed by atoms with E-state index in [4.69, 9.17) is 0 Å². The summed E-state index contributed by atoms with van der Waals surface area (Å²) in [7, 11) is 0. The largest absolute Gasteiger partial charge is 0.416 e. The third kappa shape index (κ3) is 2.89. The van der Waals surface area contributed by atoms with Crippen molar-refractivity contribution >= 4 is 22.3 Å². The fraction of sp³-hybridized carbons (Fsp3) is 0.0800. The van der Waals surface area contributed by atoms with Gasteiger partial charge in [-0.1, -0.05) is 60.7 Å². The van der Waals surface area contributed by atoms with Gasteiger partial charge in [0.1, 0.15) is 5.69 Å². The minimum Gasteiger partial charge on any atom is -0.300 e. The summed E-state index contributed by atoms with van der Waals surface area (Å²) in [4.78, 5) is 40.1. The van der Waals surface area contributed by atoms with Crippen molar-refractivity contribution in [2.75, 3.05) is 0 Å². The lowest BCUT2D eigenvalue weighted by Crippen LogP contribution is -2.34. The van der Waals surface area contributed by atoms with Gasteiger partial charge in [-0.25, -0.2) is 0 Å². The minimum absolute atomic E-state index is 0.0355. The summed E-state index contributed by atoms with van der Waals surface area (Å²) < 4.78 is 41.7. The number of rotatable bonds is 2. The van der Waals surface area contributed by atoms with Gasteiger partial charge in [-0.2, -0.15) is 13.2 Å². The number of carbonyl (C=O) groups excluding carboxylic acids is 2. The van der Waals surface area contributed by atoms with Gasteiger partial charge < -0.3 is 0 Å². The molecule has 1 heterocycles. The standard InChI is InChI=1S/C25H14F3NO3/c26-25(27,28)19-12-6-1-7-14(19)13-29-21-20(15-8-2-5-11-18(15)24(29)32)22(30)16-9-3-4-10-17(16)23(21)31/h1-12H,13H2. The van der Waals surface area contributed by atoms with Crippen LogP contribution in [0.25, 0.3) is 10.8 Å². The lowest BCUT2D eigenvalue weighted by Gasteiger charge is -2.24. The molecule has 0 saturated carbocycles. The molecule has 1 aromatic heterocycles. The van der Waals surface area contributed by atoms with Crippen LogP contribution in [0.1, 0.15) is 43.1 Å². The van der Waals surface area contributed by atoms with Crippen molar-refractivity contribution in [1.82, 2.24) is 4.57 Å². The lowest BCUT2D eigenvalue weighted by atomic mass is 9.84. The Morgan fingerprint density at radius 1 is 0.688 bits per heavy atom. The van der Waals surface area contributed by atoms with Crippen LogP contribution in [0, 0.1) is 0 Å². The van der Waals surface area contributed by atoms with Crippen molar-refractivity contribution < 1.29 is 22.8 Å². The first-order valence-electron chi connectivity index (χ1n) is 9.78. The van der Waals surface area contributed by atoms with Crippen LogP contribution in [0.2, 0.25) is 0 Å². The van der Waals surface area contributed by atoms with Crippen molar-refractivity contribution in [1.29, 1.82) is 0 Å². The molecule has 0 N–H and O–H groups in total. The quantitative estimate of drug-likeness (QED) is 0.400. The Balaban J connectivity index is 1.85. The Hall–Kier alpha value is -4.00. The number of ketones is 2. The zero-order valence-corrected chi connectivity index (χ0v) is 16.4. The smallest absolute Gasteiger partial charge is 0.300 e. The van der Waals surface area contributed by atoms with E-state index in [-0.39, 0.29) is 33.3 Å². The van der Waals surface area contributed by atoms with Crippen molar-refractivity contribution in [2.24, 2.45) is 0 Å². The van der Waals surface area contributed by atoms with Crippen molar-refractivity contribution in [3.05, 3.63) is 117 Å². The second-order valence-corrected chi connectivity index (χ2v) is 7.52. The highest BCUT2D eigenvalue weighted by Gasteiger charge is 2.36. The van der Waals surface area contributed by atoms with Crippen LogP contribution in [0.3, 0.4) is 0 Å². The summed E-state index contributed by atoms with van der Waals surface area (Å²) in [5, 5.41) is 0.469. The van der Waals surface area contributed by atoms with Crippen LogP contribution in [0.5, 0.6) is 0 Å².